The Bertz CT molecular complexity index is 225. The molecule has 1 unspecified atom stereocenters. The average molecular weight is 196 g/mol. The first-order valence-electron chi connectivity index (χ1n) is 5.27. The molecule has 0 radical (unpaired) electrons. The largest absolute Gasteiger partial charge is 0.344 e. The molecule has 3 heteroatoms. The Morgan fingerprint density at radius 2 is 2.43 bits per heavy atom. The van der Waals surface area contributed by atoms with Gasteiger partial charge in [0.2, 0.25) is 5.91 Å². The number of likely N-dealkylation sites (tertiary alicyclic amines) is 1. The third-order valence-electron chi connectivity index (χ3n) is 2.77. The molecule has 1 N–H and O–H groups in total. The van der Waals surface area contributed by atoms with E-state index in [1.54, 1.807) is 4.90 Å². The van der Waals surface area contributed by atoms with Gasteiger partial charge in [-0.05, 0) is 12.8 Å². The summed E-state index contributed by atoms with van der Waals surface area (Å²) in [6.45, 7) is 7.77. The summed E-state index contributed by atoms with van der Waals surface area (Å²) >= 11 is 0. The number of amides is 1. The number of carbonyl (C=O) groups is 1. The van der Waals surface area contributed by atoms with Crippen LogP contribution in [0.2, 0.25) is 0 Å². The zero-order chi connectivity index (χ0) is 10.6. The molecule has 0 aromatic heterocycles. The Labute approximate surface area is 86.2 Å². The van der Waals surface area contributed by atoms with Crippen LogP contribution in [0.4, 0.5) is 0 Å². The number of carbonyl (C=O) groups excluding carboxylic acids is 1. The molecule has 1 amide bonds. The fraction of sp³-hybridized carbons (Fsp3) is 0.727. The lowest BCUT2D eigenvalue weighted by molar-refractivity contribution is -0.132. The fourth-order valence-corrected chi connectivity index (χ4v) is 1.59. The minimum absolute atomic E-state index is 0.261. The summed E-state index contributed by atoms with van der Waals surface area (Å²) in [4.78, 5) is 13.0. The van der Waals surface area contributed by atoms with E-state index in [0.29, 0.717) is 12.5 Å². The van der Waals surface area contributed by atoms with E-state index >= 15 is 0 Å². The van der Waals surface area contributed by atoms with Crippen LogP contribution in [-0.2, 0) is 4.79 Å². The predicted octanol–water partition coefficient (Wildman–Crippen LogP) is 1.16. The van der Waals surface area contributed by atoms with Crippen molar-refractivity contribution in [2.45, 2.75) is 32.2 Å². The van der Waals surface area contributed by atoms with Crippen LogP contribution in [0.3, 0.4) is 0 Å². The molecule has 1 aliphatic rings. The summed E-state index contributed by atoms with van der Waals surface area (Å²) < 4.78 is 0. The molecule has 1 saturated heterocycles. The molecule has 0 aromatic rings. The van der Waals surface area contributed by atoms with E-state index in [-0.39, 0.29) is 5.91 Å². The summed E-state index contributed by atoms with van der Waals surface area (Å²) in [5.74, 6) is 0.261. The van der Waals surface area contributed by atoms with Crippen molar-refractivity contribution in [2.75, 3.05) is 20.1 Å². The van der Waals surface area contributed by atoms with Gasteiger partial charge in [0, 0.05) is 32.6 Å². The van der Waals surface area contributed by atoms with Gasteiger partial charge in [-0.15, -0.1) is 0 Å². The second kappa shape index (κ2) is 5.15. The maximum Gasteiger partial charge on any atom is 0.222 e. The van der Waals surface area contributed by atoms with Crippen molar-refractivity contribution in [3.63, 3.8) is 0 Å². The zero-order valence-electron chi connectivity index (χ0n) is 9.18. The number of hydrogen-bond acceptors (Lipinski definition) is 2. The average Bonchev–Trinajstić information content (AvgIpc) is 2.19. The Hall–Kier alpha value is -0.830. The molecule has 0 aromatic carbocycles. The van der Waals surface area contributed by atoms with Gasteiger partial charge in [-0.1, -0.05) is 19.1 Å². The van der Waals surface area contributed by atoms with E-state index in [9.17, 15) is 4.79 Å². The lowest BCUT2D eigenvalue weighted by Crippen LogP contribution is -2.46. The smallest absolute Gasteiger partial charge is 0.222 e. The number of nitrogens with one attached hydrogen (secondary N) is 1. The van der Waals surface area contributed by atoms with Crippen LogP contribution in [0, 0.1) is 0 Å². The first kappa shape index (κ1) is 11.2. The van der Waals surface area contributed by atoms with Crippen LogP contribution in [-0.4, -0.2) is 37.0 Å². The molecule has 0 bridgehead atoms. The van der Waals surface area contributed by atoms with Crippen molar-refractivity contribution in [2.24, 2.45) is 0 Å². The van der Waals surface area contributed by atoms with Crippen LogP contribution < -0.4 is 5.32 Å². The monoisotopic (exact) mass is 196 g/mol. The maximum absolute atomic E-state index is 11.2. The highest BCUT2D eigenvalue weighted by atomic mass is 16.2. The molecule has 80 valence electrons. The summed E-state index contributed by atoms with van der Waals surface area (Å²) in [6.07, 6.45) is 2.65. The molecule has 14 heavy (non-hydrogen) atoms. The van der Waals surface area contributed by atoms with Crippen molar-refractivity contribution in [3.8, 4) is 0 Å². The molecule has 1 heterocycles. The van der Waals surface area contributed by atoms with Gasteiger partial charge in [0.05, 0.1) is 0 Å². The summed E-state index contributed by atoms with van der Waals surface area (Å²) in [5, 5.41) is 3.43. The molecule has 0 spiro atoms. The number of likely N-dealkylation sites (N-methyl/N-ethyl adjacent to an activating group) is 1. The molecule has 1 aliphatic heterocycles. The van der Waals surface area contributed by atoms with E-state index in [1.807, 2.05) is 7.05 Å². The van der Waals surface area contributed by atoms with Crippen molar-refractivity contribution in [1.82, 2.24) is 10.2 Å². The summed E-state index contributed by atoms with van der Waals surface area (Å²) in [7, 11) is 1.87. The third kappa shape index (κ3) is 3.14. The van der Waals surface area contributed by atoms with E-state index in [0.717, 1.165) is 25.9 Å². The van der Waals surface area contributed by atoms with E-state index in [2.05, 4.69) is 18.8 Å². The number of piperidine rings is 1. The first-order chi connectivity index (χ1) is 6.63. The lowest BCUT2D eigenvalue weighted by Gasteiger charge is -2.30. The van der Waals surface area contributed by atoms with Gasteiger partial charge in [-0.25, -0.2) is 0 Å². The van der Waals surface area contributed by atoms with Gasteiger partial charge < -0.3 is 10.2 Å². The van der Waals surface area contributed by atoms with Gasteiger partial charge in [0.15, 0.2) is 0 Å². The van der Waals surface area contributed by atoms with Gasteiger partial charge in [-0.2, -0.15) is 0 Å². The predicted molar refractivity (Wildman–Crippen MR) is 58.1 cm³/mol. The molecule has 0 aliphatic carbocycles. The first-order valence-corrected chi connectivity index (χ1v) is 5.27. The van der Waals surface area contributed by atoms with Crippen LogP contribution in [0.1, 0.15) is 26.2 Å². The molecule has 1 rings (SSSR count). The Morgan fingerprint density at radius 1 is 1.71 bits per heavy atom. The standard InChI is InChI=1S/C11H20N2O/c1-4-9(2)7-12-10-5-6-11(14)13(3)8-10/h10,12H,2,4-8H2,1,3H3. The summed E-state index contributed by atoms with van der Waals surface area (Å²) in [6, 6.07) is 0.445. The molecule has 3 nitrogen and oxygen atoms in total. The fourth-order valence-electron chi connectivity index (χ4n) is 1.59. The highest BCUT2D eigenvalue weighted by molar-refractivity contribution is 5.76. The Morgan fingerprint density at radius 3 is 3.00 bits per heavy atom. The maximum atomic E-state index is 11.2. The number of nitrogens with zero attached hydrogens (tertiary/aromatic N) is 1. The zero-order valence-corrected chi connectivity index (χ0v) is 9.18. The minimum atomic E-state index is 0.261. The Kier molecular flexibility index (Phi) is 4.14. The van der Waals surface area contributed by atoms with Crippen LogP contribution in [0.15, 0.2) is 12.2 Å². The van der Waals surface area contributed by atoms with E-state index in [1.165, 1.54) is 5.57 Å². The van der Waals surface area contributed by atoms with E-state index in [4.69, 9.17) is 0 Å². The van der Waals surface area contributed by atoms with Crippen molar-refractivity contribution >= 4 is 5.91 Å². The van der Waals surface area contributed by atoms with Crippen LogP contribution in [0.5, 0.6) is 0 Å². The topological polar surface area (TPSA) is 32.3 Å². The second-order valence-electron chi connectivity index (χ2n) is 3.99. The third-order valence-corrected chi connectivity index (χ3v) is 2.77. The normalized spacial score (nSPS) is 22.6. The van der Waals surface area contributed by atoms with Crippen LogP contribution in [0.25, 0.3) is 0 Å². The van der Waals surface area contributed by atoms with Gasteiger partial charge in [0.1, 0.15) is 0 Å². The Balaban J connectivity index is 2.26. The number of hydrogen-bond donors (Lipinski definition) is 1. The number of rotatable bonds is 4. The van der Waals surface area contributed by atoms with Crippen molar-refractivity contribution in [3.05, 3.63) is 12.2 Å². The molecular weight excluding hydrogens is 176 g/mol. The highest BCUT2D eigenvalue weighted by Gasteiger charge is 2.21. The van der Waals surface area contributed by atoms with Crippen molar-refractivity contribution < 1.29 is 4.79 Å². The quantitative estimate of drug-likeness (QED) is 0.684. The SMILES string of the molecule is C=C(CC)CNC1CCC(=O)N(C)C1. The van der Waals surface area contributed by atoms with Gasteiger partial charge >= 0.3 is 0 Å². The second-order valence-corrected chi connectivity index (χ2v) is 3.99. The van der Waals surface area contributed by atoms with Crippen molar-refractivity contribution in [1.29, 1.82) is 0 Å². The lowest BCUT2D eigenvalue weighted by atomic mass is 10.1. The molecule has 1 atom stereocenters. The van der Waals surface area contributed by atoms with Crippen LogP contribution >= 0.6 is 0 Å². The molecule has 0 saturated carbocycles. The minimum Gasteiger partial charge on any atom is -0.344 e. The highest BCUT2D eigenvalue weighted by Crippen LogP contribution is 2.09. The van der Waals surface area contributed by atoms with Gasteiger partial charge in [-0.3, -0.25) is 4.79 Å². The summed E-state index contributed by atoms with van der Waals surface area (Å²) in [5.41, 5.74) is 1.23. The molecule has 1 fully saturated rings. The van der Waals surface area contributed by atoms with E-state index < -0.39 is 0 Å². The van der Waals surface area contributed by atoms with Gasteiger partial charge in [0.25, 0.3) is 0 Å². The molecular formula is C11H20N2O.